The zero-order valence-electron chi connectivity index (χ0n) is 20.2. The molecule has 0 aliphatic heterocycles. The number of fused-ring (bicyclic) bond motifs is 1. The van der Waals surface area contributed by atoms with Crippen molar-refractivity contribution in [2.45, 2.75) is 20.0 Å². The second kappa shape index (κ2) is 11.3. The molecule has 0 aliphatic rings. The summed E-state index contributed by atoms with van der Waals surface area (Å²) in [4.78, 5) is 45.8. The van der Waals surface area contributed by atoms with Gasteiger partial charge in [0.15, 0.2) is 0 Å². The van der Waals surface area contributed by atoms with Gasteiger partial charge in [-0.25, -0.2) is 14.6 Å². The van der Waals surface area contributed by atoms with Gasteiger partial charge in [-0.2, -0.15) is 0 Å². The minimum Gasteiger partial charge on any atom is -0.477 e. The number of carbonyl (C=O) groups excluding carboxylic acids is 1. The smallest absolute Gasteiger partial charge is 0.343 e. The van der Waals surface area contributed by atoms with E-state index >= 15 is 0 Å². The number of hydrogen-bond donors (Lipinski definition) is 5. The number of amides is 2. The number of hydrogen-bond acceptors (Lipinski definition) is 7. The normalized spacial score (nSPS) is 10.8. The third-order valence-electron chi connectivity index (χ3n) is 5.69. The fourth-order valence-corrected chi connectivity index (χ4v) is 3.94. The third-order valence-corrected chi connectivity index (χ3v) is 5.69. The van der Waals surface area contributed by atoms with Gasteiger partial charge in [0.05, 0.1) is 11.1 Å². The van der Waals surface area contributed by atoms with Crippen LogP contribution in [0.1, 0.15) is 22.8 Å². The maximum atomic E-state index is 13.0. The van der Waals surface area contributed by atoms with E-state index in [1.165, 1.54) is 0 Å². The van der Waals surface area contributed by atoms with Gasteiger partial charge >= 0.3 is 12.0 Å². The first kappa shape index (κ1) is 25.3. The highest BCUT2D eigenvalue weighted by atomic mass is 16.4. The summed E-state index contributed by atoms with van der Waals surface area (Å²) in [5.41, 5.74) is 7.84. The number of urea groups is 1. The average Bonchev–Trinajstić information content (AvgIpc) is 2.91. The number of aromatic carboxylic acids is 1. The number of aromatic nitrogens is 3. The molecule has 0 fully saturated rings. The predicted octanol–water partition coefficient (Wildman–Crippen LogP) is 2.87. The van der Waals surface area contributed by atoms with Gasteiger partial charge < -0.3 is 31.4 Å². The Morgan fingerprint density at radius 1 is 1.11 bits per heavy atom. The molecule has 37 heavy (non-hydrogen) atoms. The van der Waals surface area contributed by atoms with Gasteiger partial charge in [0.25, 0.3) is 0 Å². The Labute approximate surface area is 212 Å². The van der Waals surface area contributed by atoms with Crippen LogP contribution < -0.4 is 27.1 Å². The number of nitrogens with two attached hydrogens (primary N) is 1. The fourth-order valence-electron chi connectivity index (χ4n) is 3.94. The van der Waals surface area contributed by atoms with Gasteiger partial charge in [0.2, 0.25) is 5.43 Å². The second-order valence-corrected chi connectivity index (χ2v) is 8.13. The number of nitrogens with zero attached hydrogens (tertiary/aromatic N) is 3. The molecule has 6 N–H and O–H groups in total. The van der Waals surface area contributed by atoms with E-state index in [-0.39, 0.29) is 29.3 Å². The number of aryl methyl sites for hydroxylation is 1. The lowest BCUT2D eigenvalue weighted by Gasteiger charge is -2.18. The minimum atomic E-state index is -1.31. The van der Waals surface area contributed by atoms with E-state index < -0.39 is 11.4 Å². The van der Waals surface area contributed by atoms with Crippen LogP contribution in [0.2, 0.25) is 0 Å². The molecule has 0 unspecified atom stereocenters. The molecule has 0 bridgehead atoms. The fraction of sp³-hybridized carbons (Fsp3) is 0.192. The molecule has 1 aromatic carbocycles. The van der Waals surface area contributed by atoms with Crippen LogP contribution in [0, 0.1) is 0 Å². The molecule has 0 saturated carbocycles. The van der Waals surface area contributed by atoms with E-state index in [0.29, 0.717) is 36.7 Å². The summed E-state index contributed by atoms with van der Waals surface area (Å²) in [5, 5.41) is 18.4. The zero-order valence-corrected chi connectivity index (χ0v) is 20.2. The zero-order chi connectivity index (χ0) is 26.4. The van der Waals surface area contributed by atoms with Crippen molar-refractivity contribution in [3.63, 3.8) is 0 Å². The highest BCUT2D eigenvalue weighted by Gasteiger charge is 2.22. The summed E-state index contributed by atoms with van der Waals surface area (Å²) < 4.78 is 1.67. The molecule has 0 saturated heterocycles. The minimum absolute atomic E-state index is 0.180. The topological polar surface area (TPSA) is 164 Å². The Bertz CT molecular complexity index is 1490. The van der Waals surface area contributed by atoms with Crippen molar-refractivity contribution in [1.82, 2.24) is 19.9 Å². The number of benzene rings is 1. The lowest BCUT2D eigenvalue weighted by Crippen LogP contribution is -2.28. The molecule has 0 atom stereocenters. The van der Waals surface area contributed by atoms with E-state index in [2.05, 4.69) is 20.9 Å². The maximum Gasteiger partial charge on any atom is 0.343 e. The summed E-state index contributed by atoms with van der Waals surface area (Å²) in [6, 6.07) is 13.7. The molecule has 4 rings (SSSR count). The number of carbonyl (C=O) groups is 2. The summed E-state index contributed by atoms with van der Waals surface area (Å²) in [7, 11) is 0. The van der Waals surface area contributed by atoms with Crippen LogP contribution in [0.25, 0.3) is 22.3 Å². The number of carboxylic acids is 1. The highest BCUT2D eigenvalue weighted by Crippen LogP contribution is 2.25. The van der Waals surface area contributed by atoms with Crippen LogP contribution >= 0.6 is 0 Å². The summed E-state index contributed by atoms with van der Waals surface area (Å²) >= 11 is 0. The second-order valence-electron chi connectivity index (χ2n) is 8.13. The average molecular weight is 502 g/mol. The first-order valence-corrected chi connectivity index (χ1v) is 11.7. The molecule has 2 amide bonds. The lowest BCUT2D eigenvalue weighted by molar-refractivity contribution is 0.0696. The van der Waals surface area contributed by atoms with Gasteiger partial charge in [0.1, 0.15) is 17.0 Å². The van der Waals surface area contributed by atoms with Crippen LogP contribution in [0.5, 0.6) is 0 Å². The standard InChI is InChI=1S/C26H27N7O4/c1-2-33-23-19(22(34)21(25(35)36)24(33)29-13-11-27)9-10-20(32-23)17-5-7-18(8-6-17)31-26(37)30-15-16-4-3-12-28-14-16/h3-10,12,14,29H,2,11,13,15,27H2,1H3,(H,35,36)(H2,30,31,37). The predicted molar refractivity (Wildman–Crippen MR) is 142 cm³/mol. The highest BCUT2D eigenvalue weighted by molar-refractivity contribution is 5.98. The largest absolute Gasteiger partial charge is 0.477 e. The number of pyridine rings is 3. The third kappa shape index (κ3) is 5.57. The molecule has 190 valence electrons. The van der Waals surface area contributed by atoms with Crippen molar-refractivity contribution in [1.29, 1.82) is 0 Å². The van der Waals surface area contributed by atoms with Crippen molar-refractivity contribution in [2.75, 3.05) is 23.7 Å². The van der Waals surface area contributed by atoms with Crippen molar-refractivity contribution >= 4 is 34.5 Å². The number of carboxylic acid groups (broad SMARTS) is 1. The van der Waals surface area contributed by atoms with E-state index in [1.54, 1.807) is 59.4 Å². The Hall–Kier alpha value is -4.77. The van der Waals surface area contributed by atoms with Gasteiger partial charge in [0, 0.05) is 49.8 Å². The lowest BCUT2D eigenvalue weighted by atomic mass is 10.1. The van der Waals surface area contributed by atoms with Crippen molar-refractivity contribution < 1.29 is 14.7 Å². The quantitative estimate of drug-likeness (QED) is 0.234. The van der Waals surface area contributed by atoms with E-state index in [9.17, 15) is 19.5 Å². The molecule has 0 aliphatic carbocycles. The Balaban J connectivity index is 1.60. The molecule has 3 heterocycles. The van der Waals surface area contributed by atoms with Crippen LogP contribution in [-0.4, -0.2) is 44.7 Å². The summed E-state index contributed by atoms with van der Waals surface area (Å²) in [6.07, 6.45) is 3.35. The van der Waals surface area contributed by atoms with Gasteiger partial charge in [-0.3, -0.25) is 9.78 Å². The van der Waals surface area contributed by atoms with Crippen molar-refractivity contribution in [2.24, 2.45) is 5.73 Å². The van der Waals surface area contributed by atoms with Crippen molar-refractivity contribution in [3.05, 3.63) is 82.3 Å². The Morgan fingerprint density at radius 3 is 2.54 bits per heavy atom. The van der Waals surface area contributed by atoms with Crippen LogP contribution in [-0.2, 0) is 13.1 Å². The maximum absolute atomic E-state index is 13.0. The Morgan fingerprint density at radius 2 is 1.89 bits per heavy atom. The van der Waals surface area contributed by atoms with Crippen LogP contribution in [0.4, 0.5) is 16.3 Å². The van der Waals surface area contributed by atoms with E-state index in [1.807, 2.05) is 13.0 Å². The number of anilines is 2. The molecular formula is C26H27N7O4. The van der Waals surface area contributed by atoms with Crippen molar-refractivity contribution in [3.8, 4) is 11.3 Å². The molecule has 11 heteroatoms. The van der Waals surface area contributed by atoms with Gasteiger partial charge in [-0.15, -0.1) is 0 Å². The van der Waals surface area contributed by atoms with E-state index in [0.717, 1.165) is 11.1 Å². The first-order chi connectivity index (χ1) is 17.9. The SMILES string of the molecule is CCn1c(NCCN)c(C(=O)O)c(=O)c2ccc(-c3ccc(NC(=O)NCc4cccnc4)cc3)nc21. The molecule has 4 aromatic rings. The summed E-state index contributed by atoms with van der Waals surface area (Å²) in [5.74, 6) is -1.13. The monoisotopic (exact) mass is 501 g/mol. The van der Waals surface area contributed by atoms with Gasteiger partial charge in [-0.1, -0.05) is 18.2 Å². The first-order valence-electron chi connectivity index (χ1n) is 11.7. The Kier molecular flexibility index (Phi) is 7.74. The molecule has 0 radical (unpaired) electrons. The summed E-state index contributed by atoms with van der Waals surface area (Å²) in [6.45, 7) is 3.15. The molecule has 3 aromatic heterocycles. The van der Waals surface area contributed by atoms with Gasteiger partial charge in [-0.05, 0) is 42.8 Å². The number of nitrogens with one attached hydrogen (secondary N) is 3. The molecule has 11 nitrogen and oxygen atoms in total. The molecule has 0 spiro atoms. The van der Waals surface area contributed by atoms with Crippen LogP contribution in [0.3, 0.4) is 0 Å². The van der Waals surface area contributed by atoms with Crippen LogP contribution in [0.15, 0.2) is 65.7 Å². The number of rotatable bonds is 9. The molecular weight excluding hydrogens is 474 g/mol. The van der Waals surface area contributed by atoms with E-state index in [4.69, 9.17) is 10.7 Å².